The molecule has 1 aliphatic rings. The standard InChI is InChI=1S/C15H10FN3O2S2/c16-10-5-3-9(4-6-10)13(20)18-19-14(21)12(23-15(19)22)8-11-2-1-7-17-11/h1-8,17H,(H,18,20). The van der Waals surface area contributed by atoms with Gasteiger partial charge < -0.3 is 4.98 Å². The number of aromatic nitrogens is 1. The molecule has 1 saturated heterocycles. The average molecular weight is 347 g/mol. The first-order valence-corrected chi connectivity index (χ1v) is 7.75. The predicted octanol–water partition coefficient (Wildman–Crippen LogP) is 2.70. The molecule has 3 rings (SSSR count). The van der Waals surface area contributed by atoms with Gasteiger partial charge in [-0.15, -0.1) is 0 Å². The lowest BCUT2D eigenvalue weighted by atomic mass is 10.2. The molecule has 1 aromatic heterocycles. The van der Waals surface area contributed by atoms with Gasteiger partial charge in [-0.1, -0.05) is 11.8 Å². The molecule has 23 heavy (non-hydrogen) atoms. The van der Waals surface area contributed by atoms with E-state index >= 15 is 0 Å². The van der Waals surface area contributed by atoms with E-state index in [1.807, 2.05) is 12.1 Å². The molecule has 2 aromatic rings. The number of carbonyl (C=O) groups is 2. The molecule has 0 aliphatic carbocycles. The summed E-state index contributed by atoms with van der Waals surface area (Å²) in [6, 6.07) is 8.62. The van der Waals surface area contributed by atoms with Crippen LogP contribution in [0.5, 0.6) is 0 Å². The lowest BCUT2D eigenvalue weighted by molar-refractivity contribution is -0.123. The number of aromatic amines is 1. The second-order valence-electron chi connectivity index (χ2n) is 4.59. The Morgan fingerprint density at radius 2 is 2.04 bits per heavy atom. The monoisotopic (exact) mass is 347 g/mol. The number of hydrogen-bond acceptors (Lipinski definition) is 4. The lowest BCUT2D eigenvalue weighted by Crippen LogP contribution is -2.44. The number of thioether (sulfide) groups is 1. The van der Waals surface area contributed by atoms with Crippen LogP contribution in [-0.2, 0) is 4.79 Å². The van der Waals surface area contributed by atoms with Crippen molar-refractivity contribution in [2.24, 2.45) is 0 Å². The smallest absolute Gasteiger partial charge is 0.285 e. The minimum atomic E-state index is -0.539. The van der Waals surface area contributed by atoms with E-state index in [1.54, 1.807) is 12.3 Å². The summed E-state index contributed by atoms with van der Waals surface area (Å²) in [7, 11) is 0. The summed E-state index contributed by atoms with van der Waals surface area (Å²) in [5, 5.41) is 1.01. The van der Waals surface area contributed by atoms with Gasteiger partial charge in [0.2, 0.25) is 0 Å². The first-order chi connectivity index (χ1) is 11.0. The highest BCUT2D eigenvalue weighted by Gasteiger charge is 2.33. The molecule has 1 aromatic carbocycles. The lowest BCUT2D eigenvalue weighted by Gasteiger charge is -2.15. The number of halogens is 1. The van der Waals surface area contributed by atoms with Gasteiger partial charge in [-0.2, -0.15) is 5.01 Å². The summed E-state index contributed by atoms with van der Waals surface area (Å²) in [5.74, 6) is -1.39. The minimum absolute atomic E-state index is 0.225. The summed E-state index contributed by atoms with van der Waals surface area (Å²) in [6.45, 7) is 0. The first-order valence-electron chi connectivity index (χ1n) is 6.52. The van der Waals surface area contributed by atoms with E-state index in [9.17, 15) is 14.0 Å². The van der Waals surface area contributed by atoms with E-state index < -0.39 is 17.6 Å². The van der Waals surface area contributed by atoms with Gasteiger partial charge in [0.05, 0.1) is 4.91 Å². The fraction of sp³-hybridized carbons (Fsp3) is 0. The van der Waals surface area contributed by atoms with Gasteiger partial charge >= 0.3 is 0 Å². The number of hydrogen-bond donors (Lipinski definition) is 2. The Morgan fingerprint density at radius 1 is 1.30 bits per heavy atom. The topological polar surface area (TPSA) is 65.2 Å². The number of nitrogens with zero attached hydrogens (tertiary/aromatic N) is 1. The van der Waals surface area contributed by atoms with Crippen molar-refractivity contribution < 1.29 is 14.0 Å². The number of hydrazine groups is 1. The summed E-state index contributed by atoms with van der Waals surface area (Å²) < 4.78 is 13.1. The fourth-order valence-corrected chi connectivity index (χ4v) is 3.08. The number of thiocarbonyl (C=S) groups is 1. The molecule has 0 unspecified atom stereocenters. The van der Waals surface area contributed by atoms with Crippen LogP contribution >= 0.6 is 24.0 Å². The van der Waals surface area contributed by atoms with Crippen molar-refractivity contribution >= 4 is 46.2 Å². The molecular weight excluding hydrogens is 337 g/mol. The van der Waals surface area contributed by atoms with Crippen molar-refractivity contribution in [1.82, 2.24) is 15.4 Å². The molecule has 0 spiro atoms. The van der Waals surface area contributed by atoms with Crippen LogP contribution in [0, 0.1) is 5.82 Å². The Morgan fingerprint density at radius 3 is 2.70 bits per heavy atom. The molecule has 1 fully saturated rings. The van der Waals surface area contributed by atoms with Crippen LogP contribution in [0.2, 0.25) is 0 Å². The van der Waals surface area contributed by atoms with Crippen molar-refractivity contribution in [2.45, 2.75) is 0 Å². The normalized spacial score (nSPS) is 16.2. The van der Waals surface area contributed by atoms with Gasteiger partial charge in [0.1, 0.15) is 5.82 Å². The number of carbonyl (C=O) groups excluding carboxylic acids is 2. The Labute approximate surface area is 140 Å². The zero-order valence-corrected chi connectivity index (χ0v) is 13.2. The largest absolute Gasteiger partial charge is 0.362 e. The Kier molecular flexibility index (Phi) is 4.26. The van der Waals surface area contributed by atoms with Crippen LogP contribution in [0.4, 0.5) is 4.39 Å². The van der Waals surface area contributed by atoms with Crippen LogP contribution in [0.25, 0.3) is 6.08 Å². The average Bonchev–Trinajstić information content (AvgIpc) is 3.12. The molecule has 0 saturated carbocycles. The molecule has 2 heterocycles. The molecule has 5 nitrogen and oxygen atoms in total. The van der Waals surface area contributed by atoms with Gasteiger partial charge in [-0.05, 0) is 54.7 Å². The van der Waals surface area contributed by atoms with Crippen molar-refractivity contribution in [3.63, 3.8) is 0 Å². The van der Waals surface area contributed by atoms with E-state index in [-0.39, 0.29) is 9.88 Å². The Hall–Kier alpha value is -2.45. The quantitative estimate of drug-likeness (QED) is 0.662. The van der Waals surface area contributed by atoms with E-state index in [0.717, 1.165) is 22.5 Å². The third-order valence-corrected chi connectivity index (χ3v) is 4.32. The van der Waals surface area contributed by atoms with Crippen LogP contribution in [-0.4, -0.2) is 26.1 Å². The van der Waals surface area contributed by atoms with E-state index in [4.69, 9.17) is 12.2 Å². The zero-order valence-electron chi connectivity index (χ0n) is 11.6. The van der Waals surface area contributed by atoms with Gasteiger partial charge in [0.25, 0.3) is 11.8 Å². The molecule has 1 aliphatic heterocycles. The molecule has 0 radical (unpaired) electrons. The van der Waals surface area contributed by atoms with Crippen molar-refractivity contribution in [3.8, 4) is 0 Å². The third-order valence-electron chi connectivity index (χ3n) is 3.02. The van der Waals surface area contributed by atoms with Crippen molar-refractivity contribution in [2.75, 3.05) is 0 Å². The summed E-state index contributed by atoms with van der Waals surface area (Å²) in [6.07, 6.45) is 3.40. The van der Waals surface area contributed by atoms with Crippen LogP contribution in [0.1, 0.15) is 16.1 Å². The highest BCUT2D eigenvalue weighted by Crippen LogP contribution is 2.31. The highest BCUT2D eigenvalue weighted by atomic mass is 32.2. The summed E-state index contributed by atoms with van der Waals surface area (Å²) in [5.41, 5.74) is 3.42. The van der Waals surface area contributed by atoms with Gasteiger partial charge in [0, 0.05) is 17.5 Å². The predicted molar refractivity (Wildman–Crippen MR) is 89.7 cm³/mol. The van der Waals surface area contributed by atoms with Gasteiger partial charge in [-0.3, -0.25) is 15.0 Å². The number of rotatable bonds is 3. The molecule has 116 valence electrons. The van der Waals surface area contributed by atoms with E-state index in [1.165, 1.54) is 24.3 Å². The summed E-state index contributed by atoms with van der Waals surface area (Å²) in [4.78, 5) is 27.8. The van der Waals surface area contributed by atoms with Crippen molar-refractivity contribution in [1.29, 1.82) is 0 Å². The van der Waals surface area contributed by atoms with Gasteiger partial charge in [0.15, 0.2) is 4.32 Å². The molecule has 2 N–H and O–H groups in total. The van der Waals surface area contributed by atoms with E-state index in [0.29, 0.717) is 4.91 Å². The van der Waals surface area contributed by atoms with Crippen LogP contribution < -0.4 is 5.43 Å². The Bertz CT molecular complexity index is 801. The maximum absolute atomic E-state index is 12.9. The molecule has 8 heteroatoms. The van der Waals surface area contributed by atoms with Crippen LogP contribution in [0.3, 0.4) is 0 Å². The van der Waals surface area contributed by atoms with Crippen molar-refractivity contribution in [3.05, 3.63) is 64.6 Å². The summed E-state index contributed by atoms with van der Waals surface area (Å²) >= 11 is 6.22. The molecular formula is C15H10FN3O2S2. The third kappa shape index (κ3) is 3.33. The van der Waals surface area contributed by atoms with E-state index in [2.05, 4.69) is 10.4 Å². The second-order valence-corrected chi connectivity index (χ2v) is 6.27. The SMILES string of the molecule is O=C(NN1C(=O)C(=Cc2ccc[nH]2)SC1=S)c1ccc(F)cc1. The Balaban J connectivity index is 1.75. The molecule has 2 amide bonds. The minimum Gasteiger partial charge on any atom is -0.362 e. The van der Waals surface area contributed by atoms with Gasteiger partial charge in [-0.25, -0.2) is 4.39 Å². The second kappa shape index (κ2) is 6.35. The maximum atomic E-state index is 12.9. The number of nitrogens with one attached hydrogen (secondary N) is 2. The maximum Gasteiger partial charge on any atom is 0.285 e. The number of H-pyrrole nitrogens is 1. The van der Waals surface area contributed by atoms with Crippen LogP contribution in [0.15, 0.2) is 47.5 Å². The fourth-order valence-electron chi connectivity index (χ4n) is 1.91. The molecule has 0 bridgehead atoms. The highest BCUT2D eigenvalue weighted by molar-refractivity contribution is 8.26. The number of benzene rings is 1. The molecule has 0 atom stereocenters. The number of amides is 2. The zero-order chi connectivity index (χ0) is 16.4. The first kappa shape index (κ1) is 15.4.